The van der Waals surface area contributed by atoms with E-state index in [0.717, 1.165) is 0 Å². The predicted molar refractivity (Wildman–Crippen MR) is 119 cm³/mol. The van der Waals surface area contributed by atoms with Gasteiger partial charge in [-0.15, -0.1) is 0 Å². The standard InChI is InChI=1S/C18H21Cl2N3O5S2/c1-18(2,3)28-17(25)21-7-14(24)22-16-23(11-6-4-5-10(19)15(11)20)12-8-30(26,27)9-13(12)29-16/h4-6,12-13H,7-9H2,1-3H3,(H,21,25)/t12-,13+/m1/s1. The van der Waals surface area contributed by atoms with Crippen molar-refractivity contribution < 1.29 is 22.7 Å². The van der Waals surface area contributed by atoms with Crippen molar-refractivity contribution in [2.24, 2.45) is 4.99 Å². The van der Waals surface area contributed by atoms with Crippen LogP contribution in [-0.2, 0) is 19.4 Å². The molecule has 2 aliphatic rings. The zero-order chi connectivity index (χ0) is 22.3. The molecule has 0 aliphatic carbocycles. The quantitative estimate of drug-likeness (QED) is 0.689. The van der Waals surface area contributed by atoms with Crippen LogP contribution in [0.4, 0.5) is 10.5 Å². The van der Waals surface area contributed by atoms with E-state index >= 15 is 0 Å². The number of halogens is 2. The van der Waals surface area contributed by atoms with Gasteiger partial charge < -0.3 is 15.0 Å². The molecule has 2 fully saturated rings. The summed E-state index contributed by atoms with van der Waals surface area (Å²) in [6.45, 7) is 4.78. The molecule has 1 N–H and O–H groups in total. The molecule has 0 unspecified atom stereocenters. The van der Waals surface area contributed by atoms with E-state index < -0.39 is 33.5 Å². The van der Waals surface area contributed by atoms with Crippen molar-refractivity contribution in [3.63, 3.8) is 0 Å². The molecule has 2 amide bonds. The van der Waals surface area contributed by atoms with Crippen LogP contribution in [0.5, 0.6) is 0 Å². The molecule has 3 rings (SSSR count). The summed E-state index contributed by atoms with van der Waals surface area (Å²) in [7, 11) is -3.21. The number of ether oxygens (including phenoxy) is 1. The topological polar surface area (TPSA) is 105 Å². The zero-order valence-corrected chi connectivity index (χ0v) is 19.7. The fourth-order valence-electron chi connectivity index (χ4n) is 3.13. The van der Waals surface area contributed by atoms with Gasteiger partial charge in [0.1, 0.15) is 12.1 Å². The van der Waals surface area contributed by atoms with Crippen molar-refractivity contribution in [3.8, 4) is 0 Å². The van der Waals surface area contributed by atoms with Crippen LogP contribution in [0, 0.1) is 0 Å². The van der Waals surface area contributed by atoms with Gasteiger partial charge in [-0.2, -0.15) is 4.99 Å². The molecule has 0 aromatic heterocycles. The highest BCUT2D eigenvalue weighted by atomic mass is 35.5. The average Bonchev–Trinajstić information content (AvgIpc) is 3.05. The number of aliphatic imine (C=N–C) groups is 1. The first-order valence-electron chi connectivity index (χ1n) is 9.05. The van der Waals surface area contributed by atoms with Gasteiger partial charge in [0.15, 0.2) is 15.0 Å². The summed E-state index contributed by atoms with van der Waals surface area (Å²) in [5, 5.41) is 2.95. The molecule has 2 heterocycles. The zero-order valence-electron chi connectivity index (χ0n) is 16.5. The van der Waals surface area contributed by atoms with Crippen molar-refractivity contribution in [2.45, 2.75) is 37.7 Å². The van der Waals surface area contributed by atoms with Gasteiger partial charge in [-0.25, -0.2) is 13.2 Å². The van der Waals surface area contributed by atoms with Crippen molar-refractivity contribution >= 4 is 67.7 Å². The molecule has 8 nitrogen and oxygen atoms in total. The predicted octanol–water partition coefficient (Wildman–Crippen LogP) is 3.12. The van der Waals surface area contributed by atoms with Crippen molar-refractivity contribution in [1.29, 1.82) is 0 Å². The third-order valence-corrected chi connectivity index (χ3v) is 8.28. The average molecular weight is 494 g/mol. The Morgan fingerprint density at radius 3 is 2.67 bits per heavy atom. The third kappa shape index (κ3) is 5.40. The van der Waals surface area contributed by atoms with Gasteiger partial charge in [0.25, 0.3) is 5.91 Å². The molecule has 0 spiro atoms. The van der Waals surface area contributed by atoms with Gasteiger partial charge in [0.05, 0.1) is 33.3 Å². The minimum absolute atomic E-state index is 0.0135. The lowest BCUT2D eigenvalue weighted by Crippen LogP contribution is -2.39. The van der Waals surface area contributed by atoms with Crippen LogP contribution in [0.15, 0.2) is 23.2 Å². The van der Waals surface area contributed by atoms with Crippen LogP contribution >= 0.6 is 35.0 Å². The summed E-state index contributed by atoms with van der Waals surface area (Å²) in [5.74, 6) is -0.689. The maximum Gasteiger partial charge on any atom is 0.408 e. The summed E-state index contributed by atoms with van der Waals surface area (Å²) < 4.78 is 29.3. The molecule has 0 saturated carbocycles. The second-order valence-corrected chi connectivity index (χ2v) is 12.0. The number of amidine groups is 1. The van der Waals surface area contributed by atoms with Crippen molar-refractivity contribution in [2.75, 3.05) is 23.0 Å². The van der Waals surface area contributed by atoms with Gasteiger partial charge in [-0.1, -0.05) is 41.0 Å². The Balaban J connectivity index is 1.83. The van der Waals surface area contributed by atoms with Gasteiger partial charge in [-0.05, 0) is 32.9 Å². The lowest BCUT2D eigenvalue weighted by atomic mass is 10.2. The number of benzene rings is 1. The molecule has 2 atom stereocenters. The number of nitrogens with zero attached hydrogens (tertiary/aromatic N) is 2. The highest BCUT2D eigenvalue weighted by molar-refractivity contribution is 8.16. The van der Waals surface area contributed by atoms with Crippen LogP contribution < -0.4 is 10.2 Å². The molecule has 0 radical (unpaired) electrons. The first kappa shape index (κ1) is 23.2. The Morgan fingerprint density at radius 2 is 2.00 bits per heavy atom. The summed E-state index contributed by atoms with van der Waals surface area (Å²) in [5.41, 5.74) is -0.212. The van der Waals surface area contributed by atoms with Crippen LogP contribution in [0.25, 0.3) is 0 Å². The molecule has 2 saturated heterocycles. The second-order valence-electron chi connectivity index (χ2n) is 7.89. The van der Waals surface area contributed by atoms with Crippen LogP contribution in [-0.4, -0.2) is 60.5 Å². The Hall–Kier alpha value is -1.49. The summed E-state index contributed by atoms with van der Waals surface area (Å²) >= 11 is 13.7. The monoisotopic (exact) mass is 493 g/mol. The SMILES string of the molecule is CC(C)(C)OC(=O)NCC(=O)N=C1S[C@H]2CS(=O)(=O)C[C@H]2N1c1cccc(Cl)c1Cl. The van der Waals surface area contributed by atoms with E-state index in [9.17, 15) is 18.0 Å². The number of anilines is 1. The number of nitrogens with one attached hydrogen (secondary N) is 1. The van der Waals surface area contributed by atoms with E-state index in [1.807, 2.05) is 0 Å². The van der Waals surface area contributed by atoms with E-state index in [4.69, 9.17) is 27.9 Å². The Bertz CT molecular complexity index is 1010. The summed E-state index contributed by atoms with van der Waals surface area (Å²) in [4.78, 5) is 29.9. The number of fused-ring (bicyclic) bond motifs is 1. The fraction of sp³-hybridized carbons (Fsp3) is 0.500. The smallest absolute Gasteiger partial charge is 0.408 e. The Morgan fingerprint density at radius 1 is 1.30 bits per heavy atom. The highest BCUT2D eigenvalue weighted by Gasteiger charge is 2.49. The van der Waals surface area contributed by atoms with E-state index in [2.05, 4.69) is 10.3 Å². The largest absolute Gasteiger partial charge is 0.444 e. The molecule has 1 aromatic carbocycles. The molecule has 2 aliphatic heterocycles. The number of rotatable bonds is 3. The van der Waals surface area contributed by atoms with E-state index in [0.29, 0.717) is 15.9 Å². The maximum absolute atomic E-state index is 12.4. The number of sulfone groups is 1. The summed E-state index contributed by atoms with van der Waals surface area (Å²) in [6, 6.07) is 4.59. The van der Waals surface area contributed by atoms with E-state index in [1.165, 1.54) is 11.8 Å². The lowest BCUT2D eigenvalue weighted by Gasteiger charge is -2.25. The lowest BCUT2D eigenvalue weighted by molar-refractivity contribution is -0.117. The van der Waals surface area contributed by atoms with Gasteiger partial charge in [-0.3, -0.25) is 4.79 Å². The number of carbonyl (C=O) groups excluding carboxylic acids is 2. The number of carbonyl (C=O) groups is 2. The van der Waals surface area contributed by atoms with Crippen LogP contribution in [0.1, 0.15) is 20.8 Å². The van der Waals surface area contributed by atoms with Crippen LogP contribution in [0.2, 0.25) is 10.0 Å². The number of amides is 2. The number of thioether (sulfide) groups is 1. The first-order valence-corrected chi connectivity index (χ1v) is 12.5. The molecule has 30 heavy (non-hydrogen) atoms. The van der Waals surface area contributed by atoms with Crippen molar-refractivity contribution in [1.82, 2.24) is 5.32 Å². The van der Waals surface area contributed by atoms with Gasteiger partial charge >= 0.3 is 6.09 Å². The molecule has 1 aromatic rings. The van der Waals surface area contributed by atoms with Crippen molar-refractivity contribution in [3.05, 3.63) is 28.2 Å². The van der Waals surface area contributed by atoms with E-state index in [1.54, 1.807) is 43.9 Å². The summed E-state index contributed by atoms with van der Waals surface area (Å²) in [6.07, 6.45) is -0.729. The molecular formula is C18H21Cl2N3O5S2. The van der Waals surface area contributed by atoms with E-state index in [-0.39, 0.29) is 28.3 Å². The molecule has 12 heteroatoms. The fourth-order valence-corrected chi connectivity index (χ4v) is 7.44. The molecular weight excluding hydrogens is 473 g/mol. The Labute approximate surface area is 189 Å². The second kappa shape index (κ2) is 8.57. The minimum atomic E-state index is -3.21. The van der Waals surface area contributed by atoms with Crippen LogP contribution in [0.3, 0.4) is 0 Å². The first-order chi connectivity index (χ1) is 13.9. The van der Waals surface area contributed by atoms with Gasteiger partial charge in [0.2, 0.25) is 0 Å². The normalized spacial score (nSPS) is 24.0. The highest BCUT2D eigenvalue weighted by Crippen LogP contribution is 2.44. The molecule has 164 valence electrons. The third-order valence-electron chi connectivity index (χ3n) is 4.26. The maximum atomic E-state index is 12.4. The Kier molecular flexibility index (Phi) is 6.62. The minimum Gasteiger partial charge on any atom is -0.444 e. The van der Waals surface area contributed by atoms with Gasteiger partial charge in [0, 0.05) is 5.25 Å². The number of hydrogen-bond acceptors (Lipinski definition) is 6. The molecule has 0 bridgehead atoms. The number of hydrogen-bond donors (Lipinski definition) is 1. The number of alkyl carbamates (subject to hydrolysis) is 1.